The molecule has 5 heteroatoms. The van der Waals surface area contributed by atoms with Crippen LogP contribution in [-0.2, 0) is 11.3 Å². The molecule has 1 heterocycles. The van der Waals surface area contributed by atoms with Crippen LogP contribution in [0.4, 0.5) is 0 Å². The van der Waals surface area contributed by atoms with Crippen molar-refractivity contribution in [2.45, 2.75) is 45.2 Å². The molecular formula is C12H19N3O2. The van der Waals surface area contributed by atoms with Crippen molar-refractivity contribution in [1.82, 2.24) is 10.5 Å². The van der Waals surface area contributed by atoms with E-state index in [1.165, 1.54) is 0 Å². The minimum Gasteiger partial charge on any atom is -0.359 e. The van der Waals surface area contributed by atoms with Crippen molar-refractivity contribution in [2.24, 2.45) is 11.7 Å². The third-order valence-corrected chi connectivity index (χ3v) is 3.20. The van der Waals surface area contributed by atoms with Gasteiger partial charge in [-0.25, -0.2) is 0 Å². The molecular weight excluding hydrogens is 218 g/mol. The molecule has 5 nitrogen and oxygen atoms in total. The molecule has 3 N–H and O–H groups in total. The molecule has 0 aromatic carbocycles. The van der Waals surface area contributed by atoms with Gasteiger partial charge >= 0.3 is 0 Å². The lowest BCUT2D eigenvalue weighted by Gasteiger charge is -2.25. The number of nitrogens with one attached hydrogen (secondary N) is 1. The van der Waals surface area contributed by atoms with Gasteiger partial charge in [-0.1, -0.05) is 11.6 Å². The average Bonchev–Trinajstić information content (AvgIpc) is 2.72. The van der Waals surface area contributed by atoms with Crippen molar-refractivity contribution in [3.8, 4) is 0 Å². The number of aromatic nitrogens is 1. The Balaban J connectivity index is 1.80. The number of hydrogen-bond donors (Lipinski definition) is 2. The third kappa shape index (κ3) is 3.30. The molecule has 1 aromatic rings. The number of carbonyl (C=O) groups is 1. The third-order valence-electron chi connectivity index (χ3n) is 3.20. The van der Waals surface area contributed by atoms with E-state index in [2.05, 4.69) is 10.5 Å². The fraction of sp³-hybridized carbons (Fsp3) is 0.667. The van der Waals surface area contributed by atoms with Gasteiger partial charge in [0.1, 0.15) is 0 Å². The Kier molecular flexibility index (Phi) is 3.78. The van der Waals surface area contributed by atoms with Gasteiger partial charge in [0.25, 0.3) is 0 Å². The van der Waals surface area contributed by atoms with E-state index in [9.17, 15) is 4.79 Å². The van der Waals surface area contributed by atoms with Crippen LogP contribution in [0.1, 0.15) is 37.1 Å². The molecule has 1 saturated carbocycles. The van der Waals surface area contributed by atoms with Gasteiger partial charge in [-0.15, -0.1) is 0 Å². The van der Waals surface area contributed by atoms with Gasteiger partial charge in [-0.05, 0) is 26.2 Å². The number of carbonyl (C=O) groups excluding carboxylic acids is 1. The quantitative estimate of drug-likeness (QED) is 0.825. The first-order valence-corrected chi connectivity index (χ1v) is 6.10. The molecule has 1 aliphatic carbocycles. The van der Waals surface area contributed by atoms with Gasteiger partial charge in [0, 0.05) is 18.0 Å². The highest BCUT2D eigenvalue weighted by Gasteiger charge is 2.25. The summed E-state index contributed by atoms with van der Waals surface area (Å²) in [6.07, 6.45) is 3.81. The number of nitrogens with zero attached hydrogens (tertiary/aromatic N) is 1. The summed E-state index contributed by atoms with van der Waals surface area (Å²) < 4.78 is 5.03. The van der Waals surface area contributed by atoms with Crippen molar-refractivity contribution >= 4 is 5.91 Å². The van der Waals surface area contributed by atoms with E-state index in [-0.39, 0.29) is 17.9 Å². The normalized spacial score (nSPS) is 24.6. The van der Waals surface area contributed by atoms with E-state index >= 15 is 0 Å². The predicted molar refractivity (Wildman–Crippen MR) is 63.0 cm³/mol. The van der Waals surface area contributed by atoms with Crippen LogP contribution in [0.25, 0.3) is 0 Å². The van der Waals surface area contributed by atoms with E-state index in [0.29, 0.717) is 12.3 Å². The van der Waals surface area contributed by atoms with Crippen molar-refractivity contribution in [2.75, 3.05) is 0 Å². The summed E-state index contributed by atoms with van der Waals surface area (Å²) in [5.41, 5.74) is 6.69. The first-order valence-electron chi connectivity index (χ1n) is 6.10. The summed E-state index contributed by atoms with van der Waals surface area (Å²) in [6, 6.07) is 2.00. The lowest BCUT2D eigenvalue weighted by Crippen LogP contribution is -2.37. The van der Waals surface area contributed by atoms with E-state index in [1.807, 2.05) is 13.0 Å². The molecule has 0 bridgehead atoms. The highest BCUT2D eigenvalue weighted by Crippen LogP contribution is 2.23. The summed E-state index contributed by atoms with van der Waals surface area (Å²) in [7, 11) is 0. The maximum Gasteiger partial charge on any atom is 0.223 e. The minimum atomic E-state index is 0.0581. The standard InChI is InChI=1S/C12H19N3O2/c1-8-5-11(17-15-8)7-14-12(16)9-3-2-4-10(13)6-9/h5,9-10H,2-4,6-7,13H2,1H3,(H,14,16). The van der Waals surface area contributed by atoms with Crippen molar-refractivity contribution < 1.29 is 9.32 Å². The molecule has 2 rings (SSSR count). The Hall–Kier alpha value is -1.36. The highest BCUT2D eigenvalue weighted by molar-refractivity contribution is 5.78. The maximum atomic E-state index is 11.9. The smallest absolute Gasteiger partial charge is 0.223 e. The number of rotatable bonds is 3. The Morgan fingerprint density at radius 1 is 1.65 bits per heavy atom. The van der Waals surface area contributed by atoms with E-state index < -0.39 is 0 Å². The monoisotopic (exact) mass is 237 g/mol. The molecule has 0 aliphatic heterocycles. The zero-order valence-electron chi connectivity index (χ0n) is 10.1. The second-order valence-corrected chi connectivity index (χ2v) is 4.78. The zero-order valence-corrected chi connectivity index (χ0v) is 10.1. The zero-order chi connectivity index (χ0) is 12.3. The first kappa shape index (κ1) is 12.1. The summed E-state index contributed by atoms with van der Waals surface area (Å²) >= 11 is 0. The van der Waals surface area contributed by atoms with Gasteiger partial charge in [0.15, 0.2) is 5.76 Å². The van der Waals surface area contributed by atoms with E-state index in [1.54, 1.807) is 0 Å². The van der Waals surface area contributed by atoms with Crippen LogP contribution in [0.5, 0.6) is 0 Å². The van der Waals surface area contributed by atoms with Crippen molar-refractivity contribution in [1.29, 1.82) is 0 Å². The van der Waals surface area contributed by atoms with Crippen LogP contribution in [-0.4, -0.2) is 17.1 Å². The van der Waals surface area contributed by atoms with Crippen LogP contribution in [0.3, 0.4) is 0 Å². The molecule has 94 valence electrons. The summed E-state index contributed by atoms with van der Waals surface area (Å²) in [5, 5.41) is 6.65. The fourth-order valence-electron chi connectivity index (χ4n) is 2.28. The second-order valence-electron chi connectivity index (χ2n) is 4.78. The summed E-state index contributed by atoms with van der Waals surface area (Å²) in [5.74, 6) is 0.827. The summed E-state index contributed by atoms with van der Waals surface area (Å²) in [4.78, 5) is 11.9. The second kappa shape index (κ2) is 5.31. The molecule has 2 atom stereocenters. The Labute approximate surface area is 101 Å². The Bertz CT molecular complexity index is 389. The molecule has 1 amide bonds. The van der Waals surface area contributed by atoms with Crippen LogP contribution < -0.4 is 11.1 Å². The maximum absolute atomic E-state index is 11.9. The first-order chi connectivity index (χ1) is 8.15. The average molecular weight is 237 g/mol. The Morgan fingerprint density at radius 3 is 3.12 bits per heavy atom. The minimum absolute atomic E-state index is 0.0581. The number of hydrogen-bond acceptors (Lipinski definition) is 4. The van der Waals surface area contributed by atoms with Crippen molar-refractivity contribution in [3.05, 3.63) is 17.5 Å². The van der Waals surface area contributed by atoms with E-state index in [4.69, 9.17) is 10.3 Å². The molecule has 1 aliphatic rings. The predicted octanol–water partition coefficient (Wildman–Crippen LogP) is 1.12. The number of amides is 1. The van der Waals surface area contributed by atoms with Gasteiger partial charge in [0.05, 0.1) is 12.2 Å². The lowest BCUT2D eigenvalue weighted by molar-refractivity contribution is -0.126. The fourth-order valence-corrected chi connectivity index (χ4v) is 2.28. The van der Waals surface area contributed by atoms with Gasteiger partial charge < -0.3 is 15.6 Å². The molecule has 0 spiro atoms. The molecule has 1 fully saturated rings. The van der Waals surface area contributed by atoms with Gasteiger partial charge in [0.2, 0.25) is 5.91 Å². The number of nitrogens with two attached hydrogens (primary N) is 1. The van der Waals surface area contributed by atoms with Gasteiger partial charge in [-0.3, -0.25) is 4.79 Å². The largest absolute Gasteiger partial charge is 0.359 e. The molecule has 2 unspecified atom stereocenters. The van der Waals surface area contributed by atoms with Crippen LogP contribution in [0.2, 0.25) is 0 Å². The molecule has 1 aromatic heterocycles. The molecule has 0 saturated heterocycles. The SMILES string of the molecule is Cc1cc(CNC(=O)C2CCCC(N)C2)on1. The van der Waals surface area contributed by atoms with Crippen LogP contribution in [0.15, 0.2) is 10.6 Å². The molecule has 17 heavy (non-hydrogen) atoms. The van der Waals surface area contributed by atoms with E-state index in [0.717, 1.165) is 31.4 Å². The summed E-state index contributed by atoms with van der Waals surface area (Å²) in [6.45, 7) is 2.26. The van der Waals surface area contributed by atoms with Crippen LogP contribution >= 0.6 is 0 Å². The highest BCUT2D eigenvalue weighted by atomic mass is 16.5. The number of aryl methyl sites for hydroxylation is 1. The lowest BCUT2D eigenvalue weighted by atomic mass is 9.85. The Morgan fingerprint density at radius 2 is 2.47 bits per heavy atom. The topological polar surface area (TPSA) is 81.2 Å². The van der Waals surface area contributed by atoms with Crippen molar-refractivity contribution in [3.63, 3.8) is 0 Å². The molecule has 0 radical (unpaired) electrons. The van der Waals surface area contributed by atoms with Gasteiger partial charge in [-0.2, -0.15) is 0 Å². The van der Waals surface area contributed by atoms with Crippen LogP contribution in [0, 0.1) is 12.8 Å².